The predicted octanol–water partition coefficient (Wildman–Crippen LogP) is 6.03. The second kappa shape index (κ2) is 5.47. The van der Waals surface area contributed by atoms with Crippen LogP contribution in [0.5, 0.6) is 11.5 Å². The van der Waals surface area contributed by atoms with Crippen molar-refractivity contribution < 1.29 is 10.2 Å². The fourth-order valence-electron chi connectivity index (χ4n) is 1.56. The molecule has 7 heteroatoms. The van der Waals surface area contributed by atoms with E-state index in [0.717, 1.165) is 0 Å². The van der Waals surface area contributed by atoms with E-state index in [-0.39, 0.29) is 42.2 Å². The molecule has 0 spiro atoms. The Balaban J connectivity index is 2.83. The molecular weight excluding hydrogens is 353 g/mol. The summed E-state index contributed by atoms with van der Waals surface area (Å²) in [5, 5.41) is 19.2. The van der Waals surface area contributed by atoms with Gasteiger partial charge in [0.25, 0.3) is 0 Å². The number of phenols is 2. The second-order valence-electron chi connectivity index (χ2n) is 3.64. The highest BCUT2D eigenvalue weighted by Crippen LogP contribution is 2.50. The quantitative estimate of drug-likeness (QED) is 0.482. The van der Waals surface area contributed by atoms with Gasteiger partial charge in [-0.2, -0.15) is 0 Å². The van der Waals surface area contributed by atoms with Crippen LogP contribution in [0.3, 0.4) is 0 Å². The van der Waals surface area contributed by atoms with Crippen LogP contribution in [-0.4, -0.2) is 10.2 Å². The zero-order valence-corrected chi connectivity index (χ0v) is 12.8. The first-order valence-corrected chi connectivity index (χ1v) is 6.77. The van der Waals surface area contributed by atoms with E-state index in [9.17, 15) is 10.2 Å². The predicted molar refractivity (Wildman–Crippen MR) is 80.3 cm³/mol. The minimum absolute atomic E-state index is 0.00900. The van der Waals surface area contributed by atoms with Gasteiger partial charge in [-0.3, -0.25) is 0 Å². The highest BCUT2D eigenvalue weighted by molar-refractivity contribution is 6.52. The molecule has 0 unspecified atom stereocenters. The zero-order chi connectivity index (χ0) is 14.3. The third-order valence-electron chi connectivity index (χ3n) is 2.46. The Labute approximate surface area is 134 Å². The summed E-state index contributed by atoms with van der Waals surface area (Å²) < 4.78 is 0. The molecule has 100 valence electrons. The average molecular weight is 358 g/mol. The topological polar surface area (TPSA) is 40.5 Å². The SMILES string of the molecule is Oc1ccc(-c2c(Cl)c(O)c(Cl)c(Cl)c2Cl)c(Cl)c1. The third kappa shape index (κ3) is 2.56. The number of rotatable bonds is 1. The summed E-state index contributed by atoms with van der Waals surface area (Å²) in [5.74, 6) is -0.387. The molecule has 0 amide bonds. The maximum Gasteiger partial charge on any atom is 0.155 e. The first kappa shape index (κ1) is 14.9. The number of phenolic OH excluding ortho intramolecular Hbond substituents is 2. The van der Waals surface area contributed by atoms with Gasteiger partial charge < -0.3 is 10.2 Å². The molecule has 0 aliphatic carbocycles. The summed E-state index contributed by atoms with van der Waals surface area (Å²) in [6.07, 6.45) is 0. The summed E-state index contributed by atoms with van der Waals surface area (Å²) in [7, 11) is 0. The molecule has 0 atom stereocenters. The van der Waals surface area contributed by atoms with Crippen molar-refractivity contribution in [3.63, 3.8) is 0 Å². The summed E-state index contributed by atoms with van der Waals surface area (Å²) in [5.41, 5.74) is 0.670. The number of halogens is 5. The van der Waals surface area contributed by atoms with Crippen molar-refractivity contribution in [1.29, 1.82) is 0 Å². The molecule has 0 saturated carbocycles. The van der Waals surface area contributed by atoms with E-state index in [1.807, 2.05) is 0 Å². The Morgan fingerprint density at radius 3 is 1.95 bits per heavy atom. The van der Waals surface area contributed by atoms with Crippen molar-refractivity contribution in [2.24, 2.45) is 0 Å². The van der Waals surface area contributed by atoms with Gasteiger partial charge in [0.15, 0.2) is 5.75 Å². The van der Waals surface area contributed by atoms with Crippen LogP contribution in [0.4, 0.5) is 0 Å². The maximum absolute atomic E-state index is 9.80. The van der Waals surface area contributed by atoms with Crippen molar-refractivity contribution >= 4 is 58.0 Å². The Bertz CT molecular complexity index is 641. The molecule has 2 nitrogen and oxygen atoms in total. The van der Waals surface area contributed by atoms with E-state index in [2.05, 4.69) is 0 Å². The molecular formula is C12H5Cl5O2. The van der Waals surface area contributed by atoms with E-state index in [0.29, 0.717) is 5.56 Å². The molecule has 0 aromatic heterocycles. The van der Waals surface area contributed by atoms with Crippen molar-refractivity contribution in [2.75, 3.05) is 0 Å². The van der Waals surface area contributed by atoms with Gasteiger partial charge in [-0.15, -0.1) is 0 Å². The van der Waals surface area contributed by atoms with Gasteiger partial charge in [0.05, 0.1) is 20.1 Å². The van der Waals surface area contributed by atoms with E-state index >= 15 is 0 Å². The van der Waals surface area contributed by atoms with Crippen LogP contribution in [0.2, 0.25) is 25.1 Å². The minimum atomic E-state index is -0.378. The van der Waals surface area contributed by atoms with E-state index < -0.39 is 0 Å². The van der Waals surface area contributed by atoms with Gasteiger partial charge in [0.2, 0.25) is 0 Å². The standard InChI is InChI=1S/C12H5Cl5O2/c13-6-3-4(18)1-2-5(6)7-8(14)10(16)11(17)12(19)9(7)15/h1-3,18-19H. The molecule has 0 aliphatic heterocycles. The molecule has 0 bridgehead atoms. The Hall–Kier alpha value is -0.510. The van der Waals surface area contributed by atoms with Gasteiger partial charge in [-0.05, 0) is 18.2 Å². The lowest BCUT2D eigenvalue weighted by Crippen LogP contribution is -1.87. The third-order valence-corrected chi connectivity index (χ3v) is 4.46. The summed E-state index contributed by atoms with van der Waals surface area (Å²) in [6, 6.07) is 4.24. The summed E-state index contributed by atoms with van der Waals surface area (Å²) >= 11 is 29.8. The molecule has 0 aliphatic rings. The molecule has 0 fully saturated rings. The molecule has 2 aromatic rings. The van der Waals surface area contributed by atoms with Crippen LogP contribution < -0.4 is 0 Å². The second-order valence-corrected chi connectivity index (χ2v) is 5.56. The normalized spacial score (nSPS) is 10.8. The van der Waals surface area contributed by atoms with Gasteiger partial charge in [0, 0.05) is 11.1 Å². The Morgan fingerprint density at radius 1 is 0.737 bits per heavy atom. The van der Waals surface area contributed by atoms with Crippen LogP contribution in [0.15, 0.2) is 18.2 Å². The van der Waals surface area contributed by atoms with Crippen molar-refractivity contribution in [3.8, 4) is 22.6 Å². The Kier molecular flexibility index (Phi) is 4.29. The highest BCUT2D eigenvalue weighted by atomic mass is 35.5. The molecule has 2 aromatic carbocycles. The van der Waals surface area contributed by atoms with Gasteiger partial charge in [0.1, 0.15) is 10.8 Å². The van der Waals surface area contributed by atoms with Crippen LogP contribution >= 0.6 is 58.0 Å². The molecule has 2 rings (SSSR count). The molecule has 19 heavy (non-hydrogen) atoms. The zero-order valence-electron chi connectivity index (χ0n) is 9.02. The lowest BCUT2D eigenvalue weighted by molar-refractivity contribution is 0.475. The minimum Gasteiger partial charge on any atom is -0.508 e. The molecule has 0 heterocycles. The number of hydrogen-bond acceptors (Lipinski definition) is 2. The van der Waals surface area contributed by atoms with Gasteiger partial charge >= 0.3 is 0 Å². The summed E-state index contributed by atoms with van der Waals surface area (Å²) in [4.78, 5) is 0. The Morgan fingerprint density at radius 2 is 1.37 bits per heavy atom. The van der Waals surface area contributed by atoms with Crippen LogP contribution in [-0.2, 0) is 0 Å². The van der Waals surface area contributed by atoms with E-state index in [4.69, 9.17) is 58.0 Å². The molecule has 0 saturated heterocycles. The number of benzene rings is 2. The van der Waals surface area contributed by atoms with E-state index in [1.54, 1.807) is 0 Å². The van der Waals surface area contributed by atoms with Gasteiger partial charge in [-0.1, -0.05) is 58.0 Å². The summed E-state index contributed by atoms with van der Waals surface area (Å²) in [6.45, 7) is 0. The van der Waals surface area contributed by atoms with Crippen molar-refractivity contribution in [1.82, 2.24) is 0 Å². The first-order chi connectivity index (χ1) is 8.84. The lowest BCUT2D eigenvalue weighted by atomic mass is 10.0. The highest BCUT2D eigenvalue weighted by Gasteiger charge is 2.22. The first-order valence-electron chi connectivity index (χ1n) is 4.88. The van der Waals surface area contributed by atoms with Crippen molar-refractivity contribution in [3.05, 3.63) is 43.3 Å². The largest absolute Gasteiger partial charge is 0.508 e. The monoisotopic (exact) mass is 356 g/mol. The lowest BCUT2D eigenvalue weighted by Gasteiger charge is -2.13. The average Bonchev–Trinajstić information content (AvgIpc) is 2.37. The van der Waals surface area contributed by atoms with Crippen molar-refractivity contribution in [2.45, 2.75) is 0 Å². The maximum atomic E-state index is 9.80. The van der Waals surface area contributed by atoms with Crippen LogP contribution in [0.1, 0.15) is 0 Å². The number of aromatic hydroxyl groups is 2. The van der Waals surface area contributed by atoms with Gasteiger partial charge in [-0.25, -0.2) is 0 Å². The van der Waals surface area contributed by atoms with Crippen LogP contribution in [0, 0.1) is 0 Å². The van der Waals surface area contributed by atoms with Crippen LogP contribution in [0.25, 0.3) is 11.1 Å². The fraction of sp³-hybridized carbons (Fsp3) is 0. The fourth-order valence-corrected chi connectivity index (χ4v) is 2.93. The molecule has 0 radical (unpaired) electrons. The number of hydrogen-bond donors (Lipinski definition) is 2. The molecule has 2 N–H and O–H groups in total. The van der Waals surface area contributed by atoms with E-state index in [1.165, 1.54) is 18.2 Å². The smallest absolute Gasteiger partial charge is 0.155 e.